The van der Waals surface area contributed by atoms with E-state index in [2.05, 4.69) is 14.8 Å². The number of hydrogen-bond donors (Lipinski definition) is 2. The molecule has 0 heterocycles. The number of carbonyl (C=O) groups is 3. The molecule has 0 aromatic heterocycles. The molecule has 1 aliphatic carbocycles. The van der Waals surface area contributed by atoms with Crippen LogP contribution in [-0.4, -0.2) is 46.5 Å². The molecule has 0 unspecified atom stereocenters. The van der Waals surface area contributed by atoms with E-state index in [1.165, 1.54) is 56.7 Å². The lowest BCUT2D eigenvalue weighted by molar-refractivity contribution is 0.0587. The maximum absolute atomic E-state index is 12.7. The van der Waals surface area contributed by atoms with Crippen molar-refractivity contribution in [2.24, 2.45) is 0 Å². The molecular formula is C20H20N2O7S. The van der Waals surface area contributed by atoms with Crippen molar-refractivity contribution in [3.63, 3.8) is 0 Å². The Labute approximate surface area is 173 Å². The van der Waals surface area contributed by atoms with Crippen molar-refractivity contribution < 1.29 is 32.3 Å². The monoisotopic (exact) mass is 432 g/mol. The number of benzene rings is 2. The van der Waals surface area contributed by atoms with Gasteiger partial charge in [0.25, 0.3) is 5.91 Å². The number of amides is 1. The molecule has 2 aromatic rings. The first-order valence-electron chi connectivity index (χ1n) is 8.99. The molecule has 0 saturated heterocycles. The van der Waals surface area contributed by atoms with Gasteiger partial charge in [-0.25, -0.2) is 22.7 Å². The molecule has 0 bridgehead atoms. The average Bonchev–Trinajstić information content (AvgIpc) is 3.55. The van der Waals surface area contributed by atoms with Crippen LogP contribution in [0, 0.1) is 0 Å². The van der Waals surface area contributed by atoms with E-state index < -0.39 is 27.9 Å². The minimum Gasteiger partial charge on any atom is -0.465 e. The minimum absolute atomic E-state index is 0.0256. The van der Waals surface area contributed by atoms with Gasteiger partial charge >= 0.3 is 11.9 Å². The number of rotatable bonds is 7. The molecule has 2 aromatic carbocycles. The Balaban J connectivity index is 1.90. The van der Waals surface area contributed by atoms with E-state index >= 15 is 0 Å². The zero-order valence-electron chi connectivity index (χ0n) is 16.3. The number of sulfonamides is 1. The van der Waals surface area contributed by atoms with Gasteiger partial charge in [0, 0.05) is 11.6 Å². The van der Waals surface area contributed by atoms with Crippen molar-refractivity contribution >= 4 is 33.6 Å². The van der Waals surface area contributed by atoms with E-state index in [1.54, 1.807) is 0 Å². The molecule has 30 heavy (non-hydrogen) atoms. The van der Waals surface area contributed by atoms with Crippen LogP contribution < -0.4 is 10.0 Å². The van der Waals surface area contributed by atoms with Gasteiger partial charge in [-0.1, -0.05) is 6.07 Å². The lowest BCUT2D eigenvalue weighted by atomic mass is 10.1. The summed E-state index contributed by atoms with van der Waals surface area (Å²) in [6.45, 7) is 0. The van der Waals surface area contributed by atoms with E-state index in [1.807, 2.05) is 0 Å². The molecule has 158 valence electrons. The predicted octanol–water partition coefficient (Wildman–Crippen LogP) is 1.95. The van der Waals surface area contributed by atoms with Crippen LogP contribution >= 0.6 is 0 Å². The molecule has 1 aliphatic rings. The fourth-order valence-electron chi connectivity index (χ4n) is 2.67. The molecule has 0 spiro atoms. The van der Waals surface area contributed by atoms with Gasteiger partial charge in [-0.2, -0.15) is 0 Å². The molecule has 0 atom stereocenters. The van der Waals surface area contributed by atoms with E-state index in [0.29, 0.717) is 0 Å². The number of hydrogen-bond acceptors (Lipinski definition) is 7. The molecule has 0 radical (unpaired) electrons. The highest BCUT2D eigenvalue weighted by molar-refractivity contribution is 7.89. The Hall–Kier alpha value is -3.24. The van der Waals surface area contributed by atoms with Crippen LogP contribution in [0.4, 0.5) is 5.69 Å². The summed E-state index contributed by atoms with van der Waals surface area (Å²) in [5.41, 5.74) is 0.232. The van der Waals surface area contributed by atoms with Crippen LogP contribution in [0.2, 0.25) is 0 Å². The molecule has 1 fully saturated rings. The highest BCUT2D eigenvalue weighted by Gasteiger charge is 2.28. The molecule has 9 nitrogen and oxygen atoms in total. The molecule has 0 aliphatic heterocycles. The van der Waals surface area contributed by atoms with Crippen molar-refractivity contribution in [1.29, 1.82) is 0 Å². The maximum atomic E-state index is 12.7. The summed E-state index contributed by atoms with van der Waals surface area (Å²) in [6.07, 6.45) is 1.57. The first-order valence-corrected chi connectivity index (χ1v) is 10.5. The first-order chi connectivity index (χ1) is 14.2. The number of esters is 2. The van der Waals surface area contributed by atoms with Gasteiger partial charge < -0.3 is 14.8 Å². The molecule has 1 amide bonds. The number of methoxy groups -OCH3 is 2. The van der Waals surface area contributed by atoms with Gasteiger partial charge in [0.05, 0.1) is 35.9 Å². The second-order valence-corrected chi connectivity index (χ2v) is 8.34. The molecule has 3 rings (SSSR count). The zero-order valence-corrected chi connectivity index (χ0v) is 17.1. The number of nitrogens with one attached hydrogen (secondary N) is 2. The molecule has 2 N–H and O–H groups in total. The standard InChI is InChI=1S/C20H20N2O7S/c1-28-19(24)13-6-9-16(20(25)29-2)17(11-13)21-18(23)12-4-3-5-15(10-12)30(26,27)22-14-7-8-14/h3-6,9-11,14,22H,7-8H2,1-2H3,(H,21,23). The summed E-state index contributed by atoms with van der Waals surface area (Å²) in [5, 5.41) is 2.53. The SMILES string of the molecule is COC(=O)c1ccc(C(=O)OC)c(NC(=O)c2cccc(S(=O)(=O)NC3CC3)c2)c1. The number of anilines is 1. The quantitative estimate of drug-likeness (QED) is 0.640. The highest BCUT2D eigenvalue weighted by Crippen LogP contribution is 2.24. The largest absolute Gasteiger partial charge is 0.465 e. The normalized spacial score (nSPS) is 13.4. The maximum Gasteiger partial charge on any atom is 0.339 e. The highest BCUT2D eigenvalue weighted by atomic mass is 32.2. The second kappa shape index (κ2) is 8.64. The van der Waals surface area contributed by atoms with E-state index in [9.17, 15) is 22.8 Å². The Kier molecular flexibility index (Phi) is 6.18. The Morgan fingerprint density at radius 3 is 2.27 bits per heavy atom. The third-order valence-corrected chi connectivity index (χ3v) is 5.92. The zero-order chi connectivity index (χ0) is 21.9. The van der Waals surface area contributed by atoms with Crippen LogP contribution in [-0.2, 0) is 19.5 Å². The average molecular weight is 432 g/mol. The Morgan fingerprint density at radius 2 is 1.63 bits per heavy atom. The minimum atomic E-state index is -3.74. The topological polar surface area (TPSA) is 128 Å². The summed E-state index contributed by atoms with van der Waals surface area (Å²) in [4.78, 5) is 36.5. The Morgan fingerprint density at radius 1 is 0.933 bits per heavy atom. The van der Waals surface area contributed by atoms with Crippen LogP contribution in [0.3, 0.4) is 0 Å². The number of carbonyl (C=O) groups excluding carboxylic acids is 3. The van der Waals surface area contributed by atoms with Crippen LogP contribution in [0.15, 0.2) is 47.4 Å². The summed E-state index contributed by atoms with van der Waals surface area (Å²) in [6, 6.07) is 9.41. The van der Waals surface area contributed by atoms with Crippen LogP contribution in [0.5, 0.6) is 0 Å². The smallest absolute Gasteiger partial charge is 0.339 e. The van der Waals surface area contributed by atoms with Gasteiger partial charge in [0.1, 0.15) is 0 Å². The summed E-state index contributed by atoms with van der Waals surface area (Å²) >= 11 is 0. The van der Waals surface area contributed by atoms with E-state index in [0.717, 1.165) is 12.8 Å². The first kappa shape index (κ1) is 21.5. The van der Waals surface area contributed by atoms with Crippen molar-refractivity contribution in [3.8, 4) is 0 Å². The van der Waals surface area contributed by atoms with Gasteiger partial charge in [-0.05, 0) is 49.2 Å². The van der Waals surface area contributed by atoms with E-state index in [-0.39, 0.29) is 33.3 Å². The van der Waals surface area contributed by atoms with Crippen molar-refractivity contribution in [1.82, 2.24) is 4.72 Å². The second-order valence-electron chi connectivity index (χ2n) is 6.62. The van der Waals surface area contributed by atoms with Crippen molar-refractivity contribution in [2.45, 2.75) is 23.8 Å². The van der Waals surface area contributed by atoms with Crippen molar-refractivity contribution in [3.05, 3.63) is 59.2 Å². The van der Waals surface area contributed by atoms with Gasteiger partial charge in [0.15, 0.2) is 0 Å². The molecule has 10 heteroatoms. The van der Waals surface area contributed by atoms with Crippen molar-refractivity contribution in [2.75, 3.05) is 19.5 Å². The fraction of sp³-hybridized carbons (Fsp3) is 0.250. The fourth-order valence-corrected chi connectivity index (χ4v) is 4.02. The summed E-state index contributed by atoms with van der Waals surface area (Å²) in [5.74, 6) is -2.03. The van der Waals surface area contributed by atoms with Crippen LogP contribution in [0.1, 0.15) is 43.9 Å². The Bertz CT molecular complexity index is 1110. The van der Waals surface area contributed by atoms with Gasteiger partial charge in [0.2, 0.25) is 10.0 Å². The number of ether oxygens (including phenoxy) is 2. The summed E-state index contributed by atoms with van der Waals surface area (Å²) < 4.78 is 36.7. The predicted molar refractivity (Wildman–Crippen MR) is 107 cm³/mol. The lowest BCUT2D eigenvalue weighted by Gasteiger charge is -2.12. The lowest BCUT2D eigenvalue weighted by Crippen LogP contribution is -2.26. The van der Waals surface area contributed by atoms with Gasteiger partial charge in [-0.15, -0.1) is 0 Å². The third kappa shape index (κ3) is 4.84. The molecule has 1 saturated carbocycles. The van der Waals surface area contributed by atoms with Crippen LogP contribution in [0.25, 0.3) is 0 Å². The third-order valence-electron chi connectivity index (χ3n) is 4.40. The van der Waals surface area contributed by atoms with E-state index in [4.69, 9.17) is 4.74 Å². The molecular weight excluding hydrogens is 412 g/mol. The summed E-state index contributed by atoms with van der Waals surface area (Å²) in [7, 11) is -1.35. The van der Waals surface area contributed by atoms with Gasteiger partial charge in [-0.3, -0.25) is 4.79 Å².